The summed E-state index contributed by atoms with van der Waals surface area (Å²) in [5.41, 5.74) is 7.68. The van der Waals surface area contributed by atoms with Crippen molar-refractivity contribution in [1.82, 2.24) is 10.5 Å². The Labute approximate surface area is 134 Å². The summed E-state index contributed by atoms with van der Waals surface area (Å²) in [5, 5.41) is 9.27. The number of amides is 2. The Bertz CT molecular complexity index is 690. The van der Waals surface area contributed by atoms with Crippen LogP contribution in [0.15, 0.2) is 28.8 Å². The van der Waals surface area contributed by atoms with Crippen LogP contribution < -0.4 is 16.4 Å². The Kier molecular flexibility index (Phi) is 5.48. The highest BCUT2D eigenvalue weighted by Gasteiger charge is 2.16. The highest BCUT2D eigenvalue weighted by molar-refractivity contribution is 6.04. The molecule has 0 spiro atoms. The van der Waals surface area contributed by atoms with Crippen LogP contribution in [0.4, 0.5) is 5.69 Å². The monoisotopic (exact) mass is 316 g/mol. The fourth-order valence-corrected chi connectivity index (χ4v) is 2.18. The number of aromatic nitrogens is 1. The average Bonchev–Trinajstić information content (AvgIpc) is 2.85. The molecule has 1 aromatic heterocycles. The fourth-order valence-electron chi connectivity index (χ4n) is 2.18. The standard InChI is InChI=1S/C16H20N4O3/c1-10-13(11(2)23-20-10)9-15(21)19-14-6-4-3-5-12(14)16(22)18-8-7-17/h3-6H,7-9,17H2,1-2H3,(H,18,22)(H,19,21). The second-order valence-corrected chi connectivity index (χ2v) is 5.12. The first-order chi connectivity index (χ1) is 11.0. The zero-order chi connectivity index (χ0) is 16.8. The number of anilines is 1. The van der Waals surface area contributed by atoms with Crippen molar-refractivity contribution in [3.63, 3.8) is 0 Å². The Morgan fingerprint density at radius 3 is 2.65 bits per heavy atom. The van der Waals surface area contributed by atoms with E-state index < -0.39 is 0 Å². The van der Waals surface area contributed by atoms with E-state index in [-0.39, 0.29) is 18.2 Å². The summed E-state index contributed by atoms with van der Waals surface area (Å²) in [7, 11) is 0. The maximum Gasteiger partial charge on any atom is 0.253 e. The predicted octanol–water partition coefficient (Wildman–Crippen LogP) is 1.16. The molecule has 23 heavy (non-hydrogen) atoms. The van der Waals surface area contributed by atoms with E-state index in [1.165, 1.54) is 0 Å². The van der Waals surface area contributed by atoms with Crippen molar-refractivity contribution in [3.05, 3.63) is 46.8 Å². The lowest BCUT2D eigenvalue weighted by Crippen LogP contribution is -2.30. The number of hydrogen-bond donors (Lipinski definition) is 3. The largest absolute Gasteiger partial charge is 0.361 e. The van der Waals surface area contributed by atoms with Gasteiger partial charge in [-0.05, 0) is 26.0 Å². The molecule has 0 aliphatic heterocycles. The number of carbonyl (C=O) groups is 2. The molecule has 7 nitrogen and oxygen atoms in total. The van der Waals surface area contributed by atoms with Crippen LogP contribution in [0.2, 0.25) is 0 Å². The van der Waals surface area contributed by atoms with Crippen LogP contribution >= 0.6 is 0 Å². The normalized spacial score (nSPS) is 10.4. The molecular formula is C16H20N4O3. The van der Waals surface area contributed by atoms with E-state index in [1.807, 2.05) is 0 Å². The smallest absolute Gasteiger partial charge is 0.253 e. The maximum atomic E-state index is 12.2. The number of carbonyl (C=O) groups excluding carboxylic acids is 2. The van der Waals surface area contributed by atoms with Gasteiger partial charge in [-0.15, -0.1) is 0 Å². The van der Waals surface area contributed by atoms with Gasteiger partial charge in [-0.1, -0.05) is 17.3 Å². The zero-order valence-electron chi connectivity index (χ0n) is 13.2. The molecule has 0 saturated heterocycles. The summed E-state index contributed by atoms with van der Waals surface area (Å²) in [4.78, 5) is 24.3. The second kappa shape index (κ2) is 7.55. The van der Waals surface area contributed by atoms with E-state index in [1.54, 1.807) is 38.1 Å². The van der Waals surface area contributed by atoms with Gasteiger partial charge >= 0.3 is 0 Å². The minimum Gasteiger partial charge on any atom is -0.361 e. The first-order valence-corrected chi connectivity index (χ1v) is 7.31. The highest BCUT2D eigenvalue weighted by Crippen LogP contribution is 2.17. The van der Waals surface area contributed by atoms with Gasteiger partial charge < -0.3 is 20.9 Å². The summed E-state index contributed by atoms with van der Waals surface area (Å²) in [6, 6.07) is 6.83. The van der Waals surface area contributed by atoms with Crippen molar-refractivity contribution >= 4 is 17.5 Å². The van der Waals surface area contributed by atoms with Gasteiger partial charge in [0.2, 0.25) is 5.91 Å². The molecule has 1 aromatic carbocycles. The lowest BCUT2D eigenvalue weighted by Gasteiger charge is -2.11. The molecule has 2 amide bonds. The van der Waals surface area contributed by atoms with Crippen LogP contribution in [0, 0.1) is 13.8 Å². The van der Waals surface area contributed by atoms with Gasteiger partial charge in [-0.2, -0.15) is 0 Å². The summed E-state index contributed by atoms with van der Waals surface area (Å²) in [6.07, 6.45) is 0.139. The van der Waals surface area contributed by atoms with Gasteiger partial charge in [-0.25, -0.2) is 0 Å². The molecule has 1 heterocycles. The average molecular weight is 316 g/mol. The maximum absolute atomic E-state index is 12.2. The number of rotatable bonds is 6. The fraction of sp³-hybridized carbons (Fsp3) is 0.312. The van der Waals surface area contributed by atoms with Gasteiger partial charge in [0.1, 0.15) is 5.76 Å². The summed E-state index contributed by atoms with van der Waals surface area (Å²) < 4.78 is 5.05. The minimum absolute atomic E-state index is 0.139. The molecule has 0 aliphatic carbocycles. The van der Waals surface area contributed by atoms with E-state index >= 15 is 0 Å². The first-order valence-electron chi connectivity index (χ1n) is 7.31. The lowest BCUT2D eigenvalue weighted by atomic mass is 10.1. The van der Waals surface area contributed by atoms with Gasteiger partial charge in [-0.3, -0.25) is 9.59 Å². The molecule has 2 aromatic rings. The van der Waals surface area contributed by atoms with Crippen molar-refractivity contribution in [3.8, 4) is 0 Å². The Morgan fingerprint density at radius 2 is 2.00 bits per heavy atom. The van der Waals surface area contributed by atoms with E-state index in [0.29, 0.717) is 35.8 Å². The number of nitrogens with two attached hydrogens (primary N) is 1. The molecular weight excluding hydrogens is 296 g/mol. The van der Waals surface area contributed by atoms with Crippen molar-refractivity contribution in [2.75, 3.05) is 18.4 Å². The third-order valence-corrected chi connectivity index (χ3v) is 3.39. The molecule has 7 heteroatoms. The van der Waals surface area contributed by atoms with Crippen LogP contribution in [0.5, 0.6) is 0 Å². The molecule has 0 atom stereocenters. The van der Waals surface area contributed by atoms with Crippen LogP contribution in [-0.2, 0) is 11.2 Å². The molecule has 0 saturated carbocycles. The molecule has 2 rings (SSSR count). The second-order valence-electron chi connectivity index (χ2n) is 5.12. The molecule has 122 valence electrons. The van der Waals surface area contributed by atoms with Crippen LogP contribution in [-0.4, -0.2) is 30.1 Å². The molecule has 0 bridgehead atoms. The van der Waals surface area contributed by atoms with E-state index in [2.05, 4.69) is 15.8 Å². The van der Waals surface area contributed by atoms with E-state index in [0.717, 1.165) is 5.56 Å². The number of nitrogens with one attached hydrogen (secondary N) is 2. The topological polar surface area (TPSA) is 110 Å². The zero-order valence-corrected chi connectivity index (χ0v) is 13.2. The molecule has 0 radical (unpaired) electrons. The Hall–Kier alpha value is -2.67. The number of aryl methyl sites for hydroxylation is 2. The van der Waals surface area contributed by atoms with Gasteiger partial charge in [0.15, 0.2) is 0 Å². The SMILES string of the molecule is Cc1noc(C)c1CC(=O)Nc1ccccc1C(=O)NCCN. The van der Waals surface area contributed by atoms with Gasteiger partial charge in [0.05, 0.1) is 23.4 Å². The molecule has 0 unspecified atom stereocenters. The number of benzene rings is 1. The van der Waals surface area contributed by atoms with E-state index in [4.69, 9.17) is 10.3 Å². The quantitative estimate of drug-likeness (QED) is 0.740. The van der Waals surface area contributed by atoms with Crippen molar-refractivity contribution < 1.29 is 14.1 Å². The van der Waals surface area contributed by atoms with Crippen molar-refractivity contribution in [1.29, 1.82) is 0 Å². The summed E-state index contributed by atoms with van der Waals surface area (Å²) in [6.45, 7) is 4.27. The van der Waals surface area contributed by atoms with Gasteiger partial charge in [0.25, 0.3) is 5.91 Å². The predicted molar refractivity (Wildman–Crippen MR) is 86.1 cm³/mol. The molecule has 0 aliphatic rings. The third kappa shape index (κ3) is 4.17. The molecule has 4 N–H and O–H groups in total. The number of nitrogens with zero attached hydrogens (tertiary/aromatic N) is 1. The first kappa shape index (κ1) is 16.7. The summed E-state index contributed by atoms with van der Waals surface area (Å²) in [5.74, 6) is 0.105. The Morgan fingerprint density at radius 1 is 1.26 bits per heavy atom. The lowest BCUT2D eigenvalue weighted by molar-refractivity contribution is -0.115. The third-order valence-electron chi connectivity index (χ3n) is 3.39. The van der Waals surface area contributed by atoms with Crippen LogP contribution in [0.3, 0.4) is 0 Å². The Balaban J connectivity index is 2.11. The van der Waals surface area contributed by atoms with E-state index in [9.17, 15) is 9.59 Å². The number of hydrogen-bond acceptors (Lipinski definition) is 5. The minimum atomic E-state index is -0.274. The van der Waals surface area contributed by atoms with Crippen molar-refractivity contribution in [2.45, 2.75) is 20.3 Å². The van der Waals surface area contributed by atoms with Crippen molar-refractivity contribution in [2.24, 2.45) is 5.73 Å². The summed E-state index contributed by atoms with van der Waals surface area (Å²) >= 11 is 0. The number of para-hydroxylation sites is 1. The van der Waals surface area contributed by atoms with Gasteiger partial charge in [0, 0.05) is 18.7 Å². The highest BCUT2D eigenvalue weighted by atomic mass is 16.5. The molecule has 0 fully saturated rings. The van der Waals surface area contributed by atoms with Crippen LogP contribution in [0.25, 0.3) is 0 Å². The van der Waals surface area contributed by atoms with Crippen LogP contribution in [0.1, 0.15) is 27.4 Å².